The van der Waals surface area contributed by atoms with Gasteiger partial charge in [-0.2, -0.15) is 0 Å². The monoisotopic (exact) mass is 540 g/mol. The molecule has 1 saturated heterocycles. The highest BCUT2D eigenvalue weighted by Gasteiger charge is 2.27. The highest BCUT2D eigenvalue weighted by Crippen LogP contribution is 2.28. The summed E-state index contributed by atoms with van der Waals surface area (Å²) in [5.41, 5.74) is -0.0283. The van der Waals surface area contributed by atoms with Crippen LogP contribution < -0.4 is 0 Å². The van der Waals surface area contributed by atoms with Crippen LogP contribution in [0.5, 0.6) is 0 Å². The third-order valence-electron chi connectivity index (χ3n) is 4.63. The van der Waals surface area contributed by atoms with Crippen molar-refractivity contribution < 1.29 is 19.4 Å². The molecule has 1 aliphatic rings. The Labute approximate surface area is 187 Å². The van der Waals surface area contributed by atoms with Crippen molar-refractivity contribution in [1.29, 1.82) is 0 Å². The van der Waals surface area contributed by atoms with Crippen LogP contribution in [0.3, 0.4) is 0 Å². The normalized spacial score (nSPS) is 13.8. The predicted octanol–water partition coefficient (Wildman–Crippen LogP) is 3.63. The Kier molecular flexibility index (Phi) is 6.46. The largest absolute Gasteiger partial charge is 0.335 e. The molecule has 0 unspecified atom stereocenters. The molecule has 1 heterocycles. The summed E-state index contributed by atoms with van der Waals surface area (Å²) in [5, 5.41) is 22.1. The molecule has 30 heavy (non-hydrogen) atoms. The van der Waals surface area contributed by atoms with Crippen LogP contribution in [0.4, 0.5) is 11.4 Å². The lowest BCUT2D eigenvalue weighted by Crippen LogP contribution is -2.50. The molecule has 2 aromatic rings. The summed E-state index contributed by atoms with van der Waals surface area (Å²) < 4.78 is 0.561. The number of carbonyl (C=O) groups excluding carboxylic acids is 2. The van der Waals surface area contributed by atoms with Gasteiger partial charge in [-0.05, 0) is 56.1 Å². The second kappa shape index (κ2) is 8.88. The van der Waals surface area contributed by atoms with E-state index in [4.69, 9.17) is 0 Å². The minimum atomic E-state index is -0.575. The molecule has 0 radical (unpaired) electrons. The van der Waals surface area contributed by atoms with Crippen LogP contribution in [0.1, 0.15) is 20.7 Å². The second-order valence-corrected chi connectivity index (χ2v) is 8.14. The Bertz CT molecular complexity index is 969. The Morgan fingerprint density at radius 2 is 1.07 bits per heavy atom. The van der Waals surface area contributed by atoms with Crippen LogP contribution in [0.15, 0.2) is 45.3 Å². The van der Waals surface area contributed by atoms with Gasteiger partial charge < -0.3 is 9.80 Å². The van der Waals surface area contributed by atoms with Crippen LogP contribution in [0.2, 0.25) is 0 Å². The smallest absolute Gasteiger partial charge is 0.284 e. The van der Waals surface area contributed by atoms with E-state index < -0.39 is 9.85 Å². The lowest BCUT2D eigenvalue weighted by atomic mass is 10.1. The summed E-state index contributed by atoms with van der Waals surface area (Å²) in [4.78, 5) is 49.4. The van der Waals surface area contributed by atoms with Crippen molar-refractivity contribution >= 4 is 55.0 Å². The predicted molar refractivity (Wildman–Crippen MR) is 113 cm³/mol. The van der Waals surface area contributed by atoms with E-state index in [2.05, 4.69) is 31.9 Å². The molecule has 2 amide bonds. The molecule has 0 atom stereocenters. The zero-order chi connectivity index (χ0) is 22.0. The van der Waals surface area contributed by atoms with E-state index >= 15 is 0 Å². The summed E-state index contributed by atoms with van der Waals surface area (Å²) in [6.07, 6.45) is 0. The Morgan fingerprint density at radius 3 is 1.37 bits per heavy atom. The van der Waals surface area contributed by atoms with Gasteiger partial charge in [0, 0.05) is 49.4 Å². The van der Waals surface area contributed by atoms with Crippen molar-refractivity contribution in [2.45, 2.75) is 0 Å². The molecule has 3 rings (SSSR count). The first-order chi connectivity index (χ1) is 14.2. The average molecular weight is 542 g/mol. The number of hydrogen-bond acceptors (Lipinski definition) is 6. The van der Waals surface area contributed by atoms with Crippen LogP contribution in [0, 0.1) is 20.2 Å². The molecule has 156 valence electrons. The minimum Gasteiger partial charge on any atom is -0.335 e. The van der Waals surface area contributed by atoms with Crippen molar-refractivity contribution in [3.05, 3.63) is 76.7 Å². The van der Waals surface area contributed by atoms with Crippen LogP contribution >= 0.6 is 31.9 Å². The molecular formula is C18H14Br2N4O6. The first-order valence-corrected chi connectivity index (χ1v) is 10.2. The molecule has 0 spiro atoms. The second-order valence-electron chi connectivity index (χ2n) is 6.43. The number of piperazine rings is 1. The van der Waals surface area contributed by atoms with E-state index in [1.165, 1.54) is 46.2 Å². The minimum absolute atomic E-state index is 0.188. The number of amides is 2. The molecule has 1 fully saturated rings. The van der Waals surface area contributed by atoms with Crippen molar-refractivity contribution in [3.8, 4) is 0 Å². The maximum absolute atomic E-state index is 12.7. The van der Waals surface area contributed by atoms with Gasteiger partial charge >= 0.3 is 0 Å². The topological polar surface area (TPSA) is 127 Å². The fourth-order valence-electron chi connectivity index (χ4n) is 3.05. The fraction of sp³-hybridized carbons (Fsp3) is 0.222. The van der Waals surface area contributed by atoms with Gasteiger partial charge in [-0.25, -0.2) is 0 Å². The molecule has 2 aromatic carbocycles. The number of halogens is 2. The standard InChI is InChI=1S/C18H14Br2N4O6/c19-13-3-1-11(9-15(13)23(27)28)17(25)21-5-7-22(8-6-21)18(26)12-2-4-14(20)16(10-12)24(29)30/h1-4,9-10H,5-8H2. The summed E-state index contributed by atoms with van der Waals surface area (Å²) in [6.45, 7) is 0.972. The van der Waals surface area contributed by atoms with Gasteiger partial charge in [-0.15, -0.1) is 0 Å². The van der Waals surface area contributed by atoms with E-state index in [0.717, 1.165) is 0 Å². The van der Waals surface area contributed by atoms with E-state index in [0.29, 0.717) is 0 Å². The lowest BCUT2D eigenvalue weighted by molar-refractivity contribution is -0.385. The zero-order valence-electron chi connectivity index (χ0n) is 15.3. The number of rotatable bonds is 4. The Morgan fingerprint density at radius 1 is 0.733 bits per heavy atom. The molecule has 1 aliphatic heterocycles. The summed E-state index contributed by atoms with van der Waals surface area (Å²) in [6, 6.07) is 8.32. The van der Waals surface area contributed by atoms with Gasteiger partial charge in [0.15, 0.2) is 0 Å². The number of nitrogens with zero attached hydrogens (tertiary/aromatic N) is 4. The lowest BCUT2D eigenvalue weighted by Gasteiger charge is -2.34. The molecule has 0 N–H and O–H groups in total. The van der Waals surface area contributed by atoms with E-state index in [1.807, 2.05) is 0 Å². The van der Waals surface area contributed by atoms with Crippen molar-refractivity contribution in [2.75, 3.05) is 26.2 Å². The SMILES string of the molecule is O=C(c1ccc(Br)c([N+](=O)[O-])c1)N1CCN(C(=O)c2ccc(Br)c([N+](=O)[O-])c2)CC1. The fourth-order valence-corrected chi connectivity index (χ4v) is 3.83. The third kappa shape index (κ3) is 4.49. The number of nitro groups is 2. The molecule has 0 aliphatic carbocycles. The van der Waals surface area contributed by atoms with E-state index in [9.17, 15) is 29.8 Å². The third-order valence-corrected chi connectivity index (χ3v) is 5.97. The maximum atomic E-state index is 12.7. The van der Waals surface area contributed by atoms with Gasteiger partial charge in [-0.1, -0.05) is 0 Å². The van der Waals surface area contributed by atoms with Gasteiger partial charge in [0.1, 0.15) is 0 Å². The number of hydrogen-bond donors (Lipinski definition) is 0. The summed E-state index contributed by atoms with van der Waals surface area (Å²) >= 11 is 6.17. The Hall–Kier alpha value is -2.86. The zero-order valence-corrected chi connectivity index (χ0v) is 18.5. The highest BCUT2D eigenvalue weighted by molar-refractivity contribution is 9.11. The molecule has 10 nitrogen and oxygen atoms in total. The van der Waals surface area contributed by atoms with Crippen LogP contribution in [0.25, 0.3) is 0 Å². The van der Waals surface area contributed by atoms with Crippen molar-refractivity contribution in [1.82, 2.24) is 9.80 Å². The van der Waals surface area contributed by atoms with E-state index in [-0.39, 0.29) is 69.4 Å². The quantitative estimate of drug-likeness (QED) is 0.429. The van der Waals surface area contributed by atoms with Gasteiger partial charge in [0.25, 0.3) is 23.2 Å². The van der Waals surface area contributed by atoms with E-state index in [1.54, 1.807) is 0 Å². The summed E-state index contributed by atoms with van der Waals surface area (Å²) in [5.74, 6) is -0.728. The molecule has 12 heteroatoms. The van der Waals surface area contributed by atoms with Crippen LogP contribution in [-0.2, 0) is 0 Å². The number of carbonyl (C=O) groups is 2. The molecular weight excluding hydrogens is 528 g/mol. The van der Waals surface area contributed by atoms with Crippen molar-refractivity contribution in [2.24, 2.45) is 0 Å². The van der Waals surface area contributed by atoms with Crippen molar-refractivity contribution in [3.63, 3.8) is 0 Å². The molecule has 0 saturated carbocycles. The average Bonchev–Trinajstić information content (AvgIpc) is 2.73. The summed E-state index contributed by atoms with van der Waals surface area (Å²) in [7, 11) is 0. The Balaban J connectivity index is 1.69. The molecule has 0 aromatic heterocycles. The first kappa shape index (κ1) is 21.8. The molecule has 0 bridgehead atoms. The number of benzene rings is 2. The number of nitro benzene ring substituents is 2. The van der Waals surface area contributed by atoms with Crippen LogP contribution in [-0.4, -0.2) is 57.6 Å². The van der Waals surface area contributed by atoms with Gasteiger partial charge in [0.2, 0.25) is 0 Å². The highest BCUT2D eigenvalue weighted by atomic mass is 79.9. The van der Waals surface area contributed by atoms with Gasteiger partial charge in [0.05, 0.1) is 18.8 Å². The first-order valence-electron chi connectivity index (χ1n) is 8.65. The maximum Gasteiger partial charge on any atom is 0.284 e. The van der Waals surface area contributed by atoms with Gasteiger partial charge in [-0.3, -0.25) is 29.8 Å².